The van der Waals surface area contributed by atoms with Crippen molar-refractivity contribution in [2.75, 3.05) is 7.11 Å². The van der Waals surface area contributed by atoms with Crippen LogP contribution in [0.15, 0.2) is 18.2 Å². The van der Waals surface area contributed by atoms with Crippen LogP contribution in [0.25, 0.3) is 0 Å². The molecule has 5 N–H and O–H groups in total. The predicted octanol–water partition coefficient (Wildman–Crippen LogP) is 2.99. The molecular weight excluding hydrogens is 570 g/mol. The molecular formula is C33H39NO10. The Morgan fingerprint density at radius 1 is 1.05 bits per heavy atom. The summed E-state index contributed by atoms with van der Waals surface area (Å²) < 4.78 is 17.7. The smallest absolute Gasteiger partial charge is 0.202 e. The molecule has 1 saturated carbocycles. The fraction of sp³-hybridized carbons (Fsp3) is 0.545. The van der Waals surface area contributed by atoms with Crippen LogP contribution >= 0.6 is 0 Å². The van der Waals surface area contributed by atoms with E-state index in [9.17, 15) is 34.8 Å². The van der Waals surface area contributed by atoms with Gasteiger partial charge >= 0.3 is 0 Å². The van der Waals surface area contributed by atoms with Crippen LogP contribution in [0.2, 0.25) is 0 Å². The third kappa shape index (κ3) is 5.00. The molecule has 11 nitrogen and oxygen atoms in total. The van der Waals surface area contributed by atoms with Gasteiger partial charge in [-0.15, -0.1) is 0 Å². The van der Waals surface area contributed by atoms with E-state index in [0.29, 0.717) is 0 Å². The van der Waals surface area contributed by atoms with Gasteiger partial charge < -0.3 is 40.0 Å². The molecule has 0 amide bonds. The maximum absolute atomic E-state index is 13.8. The molecule has 2 aromatic rings. The van der Waals surface area contributed by atoms with Crippen molar-refractivity contribution in [1.29, 1.82) is 0 Å². The number of aromatic hydroxyl groups is 2. The summed E-state index contributed by atoms with van der Waals surface area (Å²) in [4.78, 5) is 40.2. The summed E-state index contributed by atoms with van der Waals surface area (Å²) in [6.07, 6.45) is 1.44. The van der Waals surface area contributed by atoms with Crippen molar-refractivity contribution >= 4 is 17.3 Å². The number of ether oxygens (including phenoxy) is 3. The average Bonchev–Trinajstić information content (AvgIpc) is 3.00. The Kier molecular flexibility index (Phi) is 8.04. The molecule has 236 valence electrons. The van der Waals surface area contributed by atoms with Crippen molar-refractivity contribution in [2.24, 2.45) is 0 Å². The molecule has 0 spiro atoms. The lowest BCUT2D eigenvalue weighted by Gasteiger charge is -2.43. The van der Waals surface area contributed by atoms with Gasteiger partial charge in [0.15, 0.2) is 17.9 Å². The van der Waals surface area contributed by atoms with E-state index in [4.69, 9.17) is 14.2 Å². The number of aliphatic hydroxyl groups excluding tert-OH is 1. The average molecular weight is 610 g/mol. The zero-order valence-electron chi connectivity index (χ0n) is 25.1. The van der Waals surface area contributed by atoms with E-state index in [1.165, 1.54) is 32.6 Å². The SMILES string of the molecule is COc1cccc2c1C(=O)c1c(O)c3c(c(O)c1C2=O)CC(O)(C(C)=O)CC3OC1CC(NC2CCCCC2)C(O)C(C)O1. The quantitative estimate of drug-likeness (QED) is 0.260. The molecule has 44 heavy (non-hydrogen) atoms. The summed E-state index contributed by atoms with van der Waals surface area (Å²) in [5, 5.41) is 49.1. The van der Waals surface area contributed by atoms with Gasteiger partial charge in [0, 0.05) is 48.0 Å². The maximum atomic E-state index is 13.8. The first-order valence-electron chi connectivity index (χ1n) is 15.3. The predicted molar refractivity (Wildman–Crippen MR) is 156 cm³/mol. The minimum absolute atomic E-state index is 0.00148. The summed E-state index contributed by atoms with van der Waals surface area (Å²) in [5.41, 5.74) is -2.86. The molecule has 0 bridgehead atoms. The standard InChI is InChI=1S/C33H39NO10/c1-15-28(36)20(34-17-8-5-4-6-9-17)12-23(43-15)44-22-14-33(41,16(2)35)13-19-25(22)32(40)27-26(30(19)38)29(37)18-10-7-11-21(42-3)24(18)31(27)39/h7,10-11,15,17,20,22-23,28,34,36,38,40-41H,4-6,8-9,12-14H2,1-3H3. The van der Waals surface area contributed by atoms with Crippen molar-refractivity contribution in [1.82, 2.24) is 5.32 Å². The number of phenols is 2. The zero-order chi connectivity index (χ0) is 31.5. The molecule has 2 aromatic carbocycles. The first-order chi connectivity index (χ1) is 20.9. The lowest BCUT2D eigenvalue weighted by Crippen LogP contribution is -2.56. The molecule has 2 fully saturated rings. The van der Waals surface area contributed by atoms with Gasteiger partial charge in [-0.05, 0) is 32.8 Å². The maximum Gasteiger partial charge on any atom is 0.202 e. The Morgan fingerprint density at radius 3 is 2.43 bits per heavy atom. The number of carbonyl (C=O) groups excluding carboxylic acids is 3. The summed E-state index contributed by atoms with van der Waals surface area (Å²) in [6.45, 7) is 2.94. The number of carbonyl (C=O) groups is 3. The van der Waals surface area contributed by atoms with Gasteiger partial charge in [-0.1, -0.05) is 31.4 Å². The molecule has 1 saturated heterocycles. The van der Waals surface area contributed by atoms with Crippen LogP contribution in [-0.4, -0.2) is 81.1 Å². The number of nitrogens with one attached hydrogen (secondary N) is 1. The molecule has 11 heteroatoms. The first-order valence-corrected chi connectivity index (χ1v) is 15.3. The van der Waals surface area contributed by atoms with Crippen LogP contribution in [0.5, 0.6) is 17.2 Å². The van der Waals surface area contributed by atoms with E-state index >= 15 is 0 Å². The number of phenolic OH excluding ortho intramolecular Hbond substituents is 2. The highest BCUT2D eigenvalue weighted by Gasteiger charge is 2.49. The number of fused-ring (bicyclic) bond motifs is 3. The summed E-state index contributed by atoms with van der Waals surface area (Å²) in [7, 11) is 1.36. The van der Waals surface area contributed by atoms with Crippen molar-refractivity contribution in [3.05, 3.63) is 51.6 Å². The van der Waals surface area contributed by atoms with Crippen LogP contribution < -0.4 is 10.1 Å². The van der Waals surface area contributed by atoms with Crippen LogP contribution in [0.3, 0.4) is 0 Å². The molecule has 3 aliphatic carbocycles. The van der Waals surface area contributed by atoms with Gasteiger partial charge in [0.2, 0.25) is 5.78 Å². The van der Waals surface area contributed by atoms with E-state index in [1.807, 2.05) is 0 Å². The monoisotopic (exact) mass is 609 g/mol. The second-order valence-electron chi connectivity index (χ2n) is 12.6. The number of rotatable bonds is 6. The fourth-order valence-electron chi connectivity index (χ4n) is 7.36. The van der Waals surface area contributed by atoms with Gasteiger partial charge in [0.05, 0.1) is 42.1 Å². The number of hydrogen-bond acceptors (Lipinski definition) is 11. The lowest BCUT2D eigenvalue weighted by atomic mass is 9.72. The molecule has 1 aliphatic heterocycles. The molecule has 6 atom stereocenters. The number of benzene rings is 2. The van der Waals surface area contributed by atoms with E-state index in [-0.39, 0.29) is 52.9 Å². The molecule has 6 rings (SSSR count). The second-order valence-corrected chi connectivity index (χ2v) is 12.6. The van der Waals surface area contributed by atoms with Crippen LogP contribution in [0, 0.1) is 0 Å². The van der Waals surface area contributed by atoms with E-state index in [1.54, 1.807) is 13.0 Å². The Labute approximate surface area is 255 Å². The van der Waals surface area contributed by atoms with Crippen LogP contribution in [0.1, 0.15) is 108 Å². The topological polar surface area (TPSA) is 172 Å². The van der Waals surface area contributed by atoms with Gasteiger partial charge in [0.25, 0.3) is 0 Å². The highest BCUT2D eigenvalue weighted by Crippen LogP contribution is 2.52. The Balaban J connectivity index is 1.41. The van der Waals surface area contributed by atoms with Crippen molar-refractivity contribution in [2.45, 2.75) is 108 Å². The largest absolute Gasteiger partial charge is 0.507 e. The highest BCUT2D eigenvalue weighted by molar-refractivity contribution is 6.31. The summed E-state index contributed by atoms with van der Waals surface area (Å²) in [5.74, 6) is -3.03. The highest BCUT2D eigenvalue weighted by atomic mass is 16.7. The number of hydrogen-bond donors (Lipinski definition) is 5. The van der Waals surface area contributed by atoms with E-state index in [0.717, 1.165) is 25.7 Å². The molecule has 4 aliphatic rings. The van der Waals surface area contributed by atoms with Crippen molar-refractivity contribution in [3.63, 3.8) is 0 Å². The van der Waals surface area contributed by atoms with E-state index in [2.05, 4.69) is 5.32 Å². The second kappa shape index (κ2) is 11.5. The Bertz CT molecular complexity index is 1510. The number of aliphatic hydroxyl groups is 2. The lowest BCUT2D eigenvalue weighted by molar-refractivity contribution is -0.250. The normalized spacial score (nSPS) is 30.3. The number of methoxy groups -OCH3 is 1. The van der Waals surface area contributed by atoms with Crippen LogP contribution in [0.4, 0.5) is 0 Å². The van der Waals surface area contributed by atoms with Crippen molar-refractivity contribution < 1.29 is 49.0 Å². The molecule has 6 unspecified atom stereocenters. The molecule has 0 aromatic heterocycles. The number of ketones is 3. The Morgan fingerprint density at radius 2 is 1.75 bits per heavy atom. The summed E-state index contributed by atoms with van der Waals surface area (Å²) in [6, 6.07) is 4.40. The first kappa shape index (κ1) is 30.7. The summed E-state index contributed by atoms with van der Waals surface area (Å²) >= 11 is 0. The van der Waals surface area contributed by atoms with Gasteiger partial charge in [0.1, 0.15) is 22.8 Å². The fourth-order valence-corrected chi connectivity index (χ4v) is 7.36. The minimum Gasteiger partial charge on any atom is -0.507 e. The zero-order valence-corrected chi connectivity index (χ0v) is 25.1. The minimum atomic E-state index is -1.99. The third-order valence-corrected chi connectivity index (χ3v) is 9.81. The number of Topliss-reactive ketones (excluding diaryl/α,β-unsaturated/α-hetero) is 1. The van der Waals surface area contributed by atoms with E-state index < -0.39 is 76.6 Å². The van der Waals surface area contributed by atoms with Gasteiger partial charge in [-0.2, -0.15) is 0 Å². The third-order valence-electron chi connectivity index (χ3n) is 9.81. The Hall–Kier alpha value is -3.35. The van der Waals surface area contributed by atoms with Gasteiger partial charge in [-0.3, -0.25) is 14.4 Å². The van der Waals surface area contributed by atoms with Crippen LogP contribution in [-0.2, 0) is 20.7 Å². The molecule has 0 radical (unpaired) electrons. The van der Waals surface area contributed by atoms with Gasteiger partial charge in [-0.25, -0.2) is 0 Å². The molecule has 1 heterocycles. The van der Waals surface area contributed by atoms with Crippen molar-refractivity contribution in [3.8, 4) is 17.2 Å².